The van der Waals surface area contributed by atoms with Gasteiger partial charge in [0.05, 0.1) is 11.4 Å². The third-order valence-electron chi connectivity index (χ3n) is 4.13. The number of amides is 1. The Balaban J connectivity index is 1.63. The van der Waals surface area contributed by atoms with E-state index in [0.717, 1.165) is 34.9 Å². The Hall–Kier alpha value is -1.75. The van der Waals surface area contributed by atoms with Crippen LogP contribution in [0.25, 0.3) is 0 Å². The predicted octanol–water partition coefficient (Wildman–Crippen LogP) is 3.50. The Labute approximate surface area is 134 Å². The van der Waals surface area contributed by atoms with Crippen molar-refractivity contribution in [3.63, 3.8) is 0 Å². The highest BCUT2D eigenvalue weighted by Crippen LogP contribution is 2.32. The summed E-state index contributed by atoms with van der Waals surface area (Å²) < 4.78 is 5.16. The zero-order valence-electron chi connectivity index (χ0n) is 13.1. The molecule has 3 rings (SSSR count). The highest BCUT2D eigenvalue weighted by atomic mass is 32.2. The number of para-hydroxylation sites is 1. The first-order chi connectivity index (χ1) is 10.6. The molecule has 0 radical (unpaired) electrons. The van der Waals surface area contributed by atoms with Gasteiger partial charge in [0.1, 0.15) is 5.76 Å². The van der Waals surface area contributed by atoms with Crippen molar-refractivity contribution in [2.45, 2.75) is 39.0 Å². The fraction of sp³-hybridized carbons (Fsp3) is 0.412. The SMILES string of the molecule is Cc1noc(C)c1CSCC(=O)N1c2ccccc2C[C@H]1C. The summed E-state index contributed by atoms with van der Waals surface area (Å²) >= 11 is 1.62. The molecule has 0 N–H and O–H groups in total. The number of carbonyl (C=O) groups excluding carboxylic acids is 1. The zero-order chi connectivity index (χ0) is 15.7. The van der Waals surface area contributed by atoms with Crippen LogP contribution >= 0.6 is 11.8 Å². The van der Waals surface area contributed by atoms with Crippen LogP contribution in [0.3, 0.4) is 0 Å². The maximum Gasteiger partial charge on any atom is 0.237 e. The number of aryl methyl sites for hydroxylation is 2. The van der Waals surface area contributed by atoms with Crippen LogP contribution in [0, 0.1) is 13.8 Å². The minimum absolute atomic E-state index is 0.175. The first-order valence-corrected chi connectivity index (χ1v) is 8.63. The van der Waals surface area contributed by atoms with Gasteiger partial charge in [-0.3, -0.25) is 4.79 Å². The van der Waals surface area contributed by atoms with E-state index >= 15 is 0 Å². The number of rotatable bonds is 4. The van der Waals surface area contributed by atoms with Gasteiger partial charge in [-0.25, -0.2) is 0 Å². The van der Waals surface area contributed by atoms with Crippen molar-refractivity contribution in [3.8, 4) is 0 Å². The molecule has 1 aliphatic rings. The Kier molecular flexibility index (Phi) is 4.25. The Bertz CT molecular complexity index is 676. The molecule has 0 saturated heterocycles. The van der Waals surface area contributed by atoms with Crippen LogP contribution in [0.2, 0.25) is 0 Å². The summed E-state index contributed by atoms with van der Waals surface area (Å²) in [5, 5.41) is 3.95. The molecule has 0 unspecified atom stereocenters. The summed E-state index contributed by atoms with van der Waals surface area (Å²) in [6, 6.07) is 8.41. The lowest BCUT2D eigenvalue weighted by molar-refractivity contribution is -0.116. The van der Waals surface area contributed by atoms with Crippen molar-refractivity contribution in [1.29, 1.82) is 0 Å². The van der Waals surface area contributed by atoms with E-state index in [1.54, 1.807) is 11.8 Å². The quantitative estimate of drug-likeness (QED) is 0.866. The summed E-state index contributed by atoms with van der Waals surface area (Å²) in [6.45, 7) is 5.96. The third-order valence-corrected chi connectivity index (χ3v) is 5.07. The predicted molar refractivity (Wildman–Crippen MR) is 89.2 cm³/mol. The number of hydrogen-bond acceptors (Lipinski definition) is 4. The fourth-order valence-electron chi connectivity index (χ4n) is 2.96. The van der Waals surface area contributed by atoms with Crippen LogP contribution in [0.15, 0.2) is 28.8 Å². The van der Waals surface area contributed by atoms with Crippen molar-refractivity contribution < 1.29 is 9.32 Å². The average molecular weight is 316 g/mol. The largest absolute Gasteiger partial charge is 0.361 e. The van der Waals surface area contributed by atoms with E-state index in [1.165, 1.54) is 5.56 Å². The number of fused-ring (bicyclic) bond motifs is 1. The molecule has 1 aromatic heterocycles. The van der Waals surface area contributed by atoms with Gasteiger partial charge >= 0.3 is 0 Å². The van der Waals surface area contributed by atoms with Crippen molar-refractivity contribution in [1.82, 2.24) is 5.16 Å². The van der Waals surface area contributed by atoms with Crippen molar-refractivity contribution in [2.75, 3.05) is 10.7 Å². The van der Waals surface area contributed by atoms with Gasteiger partial charge in [-0.1, -0.05) is 23.4 Å². The Morgan fingerprint density at radius 3 is 2.91 bits per heavy atom. The molecular weight excluding hydrogens is 296 g/mol. The topological polar surface area (TPSA) is 46.3 Å². The van der Waals surface area contributed by atoms with E-state index in [0.29, 0.717) is 5.75 Å². The molecule has 116 valence electrons. The second kappa shape index (κ2) is 6.16. The second-order valence-corrected chi connectivity index (χ2v) is 6.73. The molecule has 1 amide bonds. The minimum atomic E-state index is 0.175. The molecular formula is C17H20N2O2S. The summed E-state index contributed by atoms with van der Waals surface area (Å²) in [5.41, 5.74) is 4.35. The summed E-state index contributed by atoms with van der Waals surface area (Å²) in [4.78, 5) is 14.5. The highest BCUT2D eigenvalue weighted by molar-refractivity contribution is 7.99. The van der Waals surface area contributed by atoms with Crippen LogP contribution in [0.4, 0.5) is 5.69 Å². The van der Waals surface area contributed by atoms with Crippen LogP contribution < -0.4 is 4.90 Å². The molecule has 1 aliphatic heterocycles. The van der Waals surface area contributed by atoms with Crippen molar-refractivity contribution in [2.24, 2.45) is 0 Å². The second-order valence-electron chi connectivity index (χ2n) is 5.74. The summed E-state index contributed by atoms with van der Waals surface area (Å²) in [7, 11) is 0. The van der Waals surface area contributed by atoms with E-state index in [4.69, 9.17) is 4.52 Å². The van der Waals surface area contributed by atoms with Gasteiger partial charge in [-0.05, 0) is 38.8 Å². The molecule has 5 heteroatoms. The van der Waals surface area contributed by atoms with Gasteiger partial charge < -0.3 is 9.42 Å². The highest BCUT2D eigenvalue weighted by Gasteiger charge is 2.30. The number of nitrogens with zero attached hydrogens (tertiary/aromatic N) is 2. The van der Waals surface area contributed by atoms with Crippen LogP contribution in [0.5, 0.6) is 0 Å². The zero-order valence-corrected chi connectivity index (χ0v) is 13.9. The average Bonchev–Trinajstić information content (AvgIpc) is 2.99. The monoisotopic (exact) mass is 316 g/mol. The first kappa shape index (κ1) is 15.2. The number of anilines is 1. The Morgan fingerprint density at radius 2 is 2.18 bits per heavy atom. The van der Waals surface area contributed by atoms with Crippen molar-refractivity contribution >= 4 is 23.4 Å². The summed E-state index contributed by atoms with van der Waals surface area (Å²) in [6.07, 6.45) is 0.941. The van der Waals surface area contributed by atoms with Crippen LogP contribution in [-0.4, -0.2) is 22.9 Å². The number of benzene rings is 1. The van der Waals surface area contributed by atoms with E-state index in [-0.39, 0.29) is 11.9 Å². The fourth-order valence-corrected chi connectivity index (χ4v) is 4.00. The molecule has 0 fully saturated rings. The first-order valence-electron chi connectivity index (χ1n) is 7.47. The van der Waals surface area contributed by atoms with Crippen LogP contribution in [-0.2, 0) is 17.0 Å². The Morgan fingerprint density at radius 1 is 1.41 bits per heavy atom. The maximum absolute atomic E-state index is 12.6. The lowest BCUT2D eigenvalue weighted by Gasteiger charge is -2.22. The molecule has 22 heavy (non-hydrogen) atoms. The lowest BCUT2D eigenvalue weighted by atomic mass is 10.1. The molecule has 0 spiro atoms. The molecule has 0 aliphatic carbocycles. The van der Waals surface area contributed by atoms with Crippen LogP contribution in [0.1, 0.15) is 29.5 Å². The molecule has 1 aromatic carbocycles. The summed E-state index contributed by atoms with van der Waals surface area (Å²) in [5.74, 6) is 2.26. The molecule has 0 saturated carbocycles. The molecule has 0 bridgehead atoms. The van der Waals surface area contributed by atoms with Gasteiger partial charge in [0.2, 0.25) is 5.91 Å². The molecule has 2 aromatic rings. The van der Waals surface area contributed by atoms with E-state index in [2.05, 4.69) is 18.1 Å². The molecule has 1 atom stereocenters. The smallest absolute Gasteiger partial charge is 0.237 e. The van der Waals surface area contributed by atoms with Gasteiger partial charge in [-0.2, -0.15) is 0 Å². The minimum Gasteiger partial charge on any atom is -0.361 e. The van der Waals surface area contributed by atoms with Gasteiger partial charge in [0.25, 0.3) is 0 Å². The van der Waals surface area contributed by atoms with E-state index < -0.39 is 0 Å². The maximum atomic E-state index is 12.6. The lowest BCUT2D eigenvalue weighted by Crippen LogP contribution is -2.37. The van der Waals surface area contributed by atoms with E-state index in [9.17, 15) is 4.79 Å². The third kappa shape index (κ3) is 2.77. The standard InChI is InChI=1S/C17H20N2O2S/c1-11-8-14-6-4-5-7-16(14)19(11)17(20)10-22-9-15-12(2)18-21-13(15)3/h4-7,11H,8-10H2,1-3H3/t11-/m1/s1. The number of carbonyl (C=O) groups is 1. The van der Waals surface area contributed by atoms with Gasteiger partial charge in [0, 0.05) is 23.0 Å². The molecule has 4 nitrogen and oxygen atoms in total. The number of thioether (sulfide) groups is 1. The van der Waals surface area contributed by atoms with Crippen molar-refractivity contribution in [3.05, 3.63) is 46.8 Å². The molecule has 2 heterocycles. The number of aromatic nitrogens is 1. The van der Waals surface area contributed by atoms with Gasteiger partial charge in [-0.15, -0.1) is 11.8 Å². The van der Waals surface area contributed by atoms with E-state index in [1.807, 2.05) is 36.9 Å². The van der Waals surface area contributed by atoms with Gasteiger partial charge in [0.15, 0.2) is 0 Å². The normalized spacial score (nSPS) is 16.9. The number of hydrogen-bond donors (Lipinski definition) is 0.